The lowest BCUT2D eigenvalue weighted by Gasteiger charge is -2.08. The second-order valence-electron chi connectivity index (χ2n) is 5.61. The van der Waals surface area contributed by atoms with Gasteiger partial charge in [0.25, 0.3) is 0 Å². The van der Waals surface area contributed by atoms with E-state index < -0.39 is 0 Å². The van der Waals surface area contributed by atoms with Crippen LogP contribution in [0.3, 0.4) is 0 Å². The Morgan fingerprint density at radius 3 is 2.68 bits per heavy atom. The van der Waals surface area contributed by atoms with E-state index >= 15 is 0 Å². The fourth-order valence-electron chi connectivity index (χ4n) is 2.25. The average molecular weight is 338 g/mol. The van der Waals surface area contributed by atoms with Crippen LogP contribution in [-0.4, -0.2) is 13.7 Å². The fraction of sp³-hybridized carbons (Fsp3) is 0.150. The van der Waals surface area contributed by atoms with E-state index in [0.717, 1.165) is 5.57 Å². The molecule has 0 N–H and O–H groups in total. The quantitative estimate of drug-likeness (QED) is 0.617. The predicted molar refractivity (Wildman–Crippen MR) is 95.9 cm³/mol. The van der Waals surface area contributed by atoms with Gasteiger partial charge in [0.05, 0.1) is 12.5 Å². The third-order valence-corrected chi connectivity index (χ3v) is 3.47. The van der Waals surface area contributed by atoms with E-state index in [9.17, 15) is 4.79 Å². The average Bonchev–Trinajstić information content (AvgIpc) is 2.62. The third kappa shape index (κ3) is 3.83. The highest BCUT2D eigenvalue weighted by Gasteiger charge is 2.10. The Labute approximate surface area is 145 Å². The van der Waals surface area contributed by atoms with E-state index in [1.165, 1.54) is 6.26 Å². The molecule has 5 nitrogen and oxygen atoms in total. The molecule has 0 fully saturated rings. The molecule has 0 saturated carbocycles. The van der Waals surface area contributed by atoms with Gasteiger partial charge in [0.15, 0.2) is 0 Å². The molecule has 0 atom stereocenters. The summed E-state index contributed by atoms with van der Waals surface area (Å²) in [7, 11) is 1.57. The first-order valence-electron chi connectivity index (χ1n) is 7.71. The van der Waals surface area contributed by atoms with Crippen molar-refractivity contribution >= 4 is 11.0 Å². The highest BCUT2D eigenvalue weighted by Crippen LogP contribution is 2.26. The molecule has 0 aliphatic carbocycles. The zero-order chi connectivity index (χ0) is 17.8. The lowest BCUT2D eigenvalue weighted by Crippen LogP contribution is -2.05. The van der Waals surface area contributed by atoms with Gasteiger partial charge >= 0.3 is 0 Å². The number of rotatable bonds is 6. The van der Waals surface area contributed by atoms with Crippen molar-refractivity contribution < 1.29 is 18.6 Å². The molecular formula is C20H18O5. The molecule has 25 heavy (non-hydrogen) atoms. The topological polar surface area (TPSA) is 57.9 Å². The Morgan fingerprint density at radius 1 is 1.12 bits per heavy atom. The van der Waals surface area contributed by atoms with Crippen molar-refractivity contribution in [2.24, 2.45) is 0 Å². The summed E-state index contributed by atoms with van der Waals surface area (Å²) in [5, 5.41) is 0.420. The third-order valence-electron chi connectivity index (χ3n) is 3.47. The van der Waals surface area contributed by atoms with Gasteiger partial charge in [-0.3, -0.25) is 4.79 Å². The van der Waals surface area contributed by atoms with Crippen LogP contribution in [0.25, 0.3) is 11.0 Å². The molecule has 0 aliphatic rings. The Morgan fingerprint density at radius 2 is 1.92 bits per heavy atom. The maximum atomic E-state index is 12.6. The number of hydrogen-bond acceptors (Lipinski definition) is 5. The molecule has 5 heteroatoms. The smallest absolute Gasteiger partial charge is 0.235 e. The molecule has 128 valence electrons. The largest absolute Gasteiger partial charge is 0.497 e. The minimum atomic E-state index is -0.254. The summed E-state index contributed by atoms with van der Waals surface area (Å²) >= 11 is 0. The van der Waals surface area contributed by atoms with E-state index in [4.69, 9.17) is 18.6 Å². The zero-order valence-electron chi connectivity index (χ0n) is 14.1. The normalized spacial score (nSPS) is 10.5. The Hall–Kier alpha value is -3.21. The van der Waals surface area contributed by atoms with Crippen LogP contribution in [-0.2, 0) is 0 Å². The summed E-state index contributed by atoms with van der Waals surface area (Å²) in [5.41, 5.74) is 1.08. The molecule has 2 aromatic carbocycles. The van der Waals surface area contributed by atoms with E-state index in [-0.39, 0.29) is 11.2 Å². The maximum absolute atomic E-state index is 12.6. The summed E-state index contributed by atoms with van der Waals surface area (Å²) in [4.78, 5) is 12.6. The molecule has 3 rings (SSSR count). The molecular weight excluding hydrogens is 320 g/mol. The van der Waals surface area contributed by atoms with E-state index in [1.54, 1.807) is 49.6 Å². The minimum Gasteiger partial charge on any atom is -0.497 e. The molecule has 0 spiro atoms. The summed E-state index contributed by atoms with van der Waals surface area (Å²) in [6.45, 7) is 6.07. The highest BCUT2D eigenvalue weighted by molar-refractivity contribution is 5.79. The van der Waals surface area contributed by atoms with Crippen LogP contribution in [0, 0.1) is 0 Å². The molecule has 3 aromatic rings. The minimum absolute atomic E-state index is 0.108. The van der Waals surface area contributed by atoms with Gasteiger partial charge < -0.3 is 18.6 Å². The van der Waals surface area contributed by atoms with Crippen LogP contribution in [0.5, 0.6) is 23.0 Å². The van der Waals surface area contributed by atoms with Crippen molar-refractivity contribution in [2.45, 2.75) is 6.92 Å². The predicted octanol–water partition coefficient (Wildman–Crippen LogP) is 4.55. The van der Waals surface area contributed by atoms with Crippen LogP contribution >= 0.6 is 0 Å². The Kier molecular flexibility index (Phi) is 4.75. The van der Waals surface area contributed by atoms with E-state index in [0.29, 0.717) is 34.8 Å². The summed E-state index contributed by atoms with van der Waals surface area (Å²) in [6.07, 6.45) is 1.30. The van der Waals surface area contributed by atoms with Crippen LogP contribution in [0.15, 0.2) is 70.1 Å². The number of methoxy groups -OCH3 is 1. The van der Waals surface area contributed by atoms with Crippen LogP contribution in [0.4, 0.5) is 0 Å². The molecule has 0 radical (unpaired) electrons. The SMILES string of the molecule is C=C(C)COc1ccc2c(=O)c(Oc3cccc(OC)c3)coc2c1. The summed E-state index contributed by atoms with van der Waals surface area (Å²) < 4.78 is 21.9. The number of hydrogen-bond donors (Lipinski definition) is 0. The van der Waals surface area contributed by atoms with Crippen molar-refractivity contribution in [3.8, 4) is 23.0 Å². The second-order valence-corrected chi connectivity index (χ2v) is 5.61. The van der Waals surface area contributed by atoms with Crippen LogP contribution in [0.1, 0.15) is 6.92 Å². The van der Waals surface area contributed by atoms with Crippen molar-refractivity contribution in [3.63, 3.8) is 0 Å². The molecule has 0 bridgehead atoms. The molecule has 0 unspecified atom stereocenters. The van der Waals surface area contributed by atoms with Gasteiger partial charge in [-0.05, 0) is 36.8 Å². The molecule has 0 aliphatic heterocycles. The number of benzene rings is 2. The van der Waals surface area contributed by atoms with Gasteiger partial charge in [-0.15, -0.1) is 0 Å². The lowest BCUT2D eigenvalue weighted by atomic mass is 10.2. The highest BCUT2D eigenvalue weighted by atomic mass is 16.5. The molecule has 1 heterocycles. The summed E-state index contributed by atoms with van der Waals surface area (Å²) in [5.74, 6) is 1.85. The standard InChI is InChI=1S/C20H18O5/c1-13(2)11-23-15-7-8-17-18(10-15)24-12-19(20(17)21)25-16-6-4-5-14(9-16)22-3/h4-10,12H,1,11H2,2-3H3. The van der Waals surface area contributed by atoms with E-state index in [1.807, 2.05) is 6.92 Å². The monoisotopic (exact) mass is 338 g/mol. The van der Waals surface area contributed by atoms with E-state index in [2.05, 4.69) is 6.58 Å². The van der Waals surface area contributed by atoms with Gasteiger partial charge in [0, 0.05) is 12.1 Å². The second kappa shape index (κ2) is 7.13. The zero-order valence-corrected chi connectivity index (χ0v) is 14.1. The van der Waals surface area contributed by atoms with Gasteiger partial charge in [-0.1, -0.05) is 12.6 Å². The lowest BCUT2D eigenvalue weighted by molar-refractivity contribution is 0.352. The van der Waals surface area contributed by atoms with Crippen molar-refractivity contribution in [1.29, 1.82) is 0 Å². The Bertz CT molecular complexity index is 971. The van der Waals surface area contributed by atoms with Gasteiger partial charge in [-0.25, -0.2) is 0 Å². The molecule has 0 saturated heterocycles. The fourth-order valence-corrected chi connectivity index (χ4v) is 2.25. The Balaban J connectivity index is 1.90. The van der Waals surface area contributed by atoms with Gasteiger partial charge in [0.2, 0.25) is 11.2 Å². The first kappa shape index (κ1) is 16.6. The van der Waals surface area contributed by atoms with Crippen LogP contribution < -0.4 is 19.6 Å². The number of fused-ring (bicyclic) bond motifs is 1. The first-order chi connectivity index (χ1) is 12.1. The number of ether oxygens (including phenoxy) is 3. The van der Waals surface area contributed by atoms with Crippen molar-refractivity contribution in [1.82, 2.24) is 0 Å². The summed E-state index contributed by atoms with van der Waals surface area (Å²) in [6, 6.07) is 12.1. The first-order valence-corrected chi connectivity index (χ1v) is 7.71. The van der Waals surface area contributed by atoms with Gasteiger partial charge in [-0.2, -0.15) is 0 Å². The van der Waals surface area contributed by atoms with Crippen molar-refractivity contribution in [3.05, 3.63) is 71.1 Å². The molecule has 1 aromatic heterocycles. The van der Waals surface area contributed by atoms with Crippen molar-refractivity contribution in [2.75, 3.05) is 13.7 Å². The van der Waals surface area contributed by atoms with Gasteiger partial charge in [0.1, 0.15) is 35.7 Å². The van der Waals surface area contributed by atoms with Crippen LogP contribution in [0.2, 0.25) is 0 Å². The molecule has 0 amide bonds. The maximum Gasteiger partial charge on any atom is 0.235 e.